The van der Waals surface area contributed by atoms with Gasteiger partial charge in [-0.15, -0.1) is 0 Å². The van der Waals surface area contributed by atoms with Crippen LogP contribution >= 0.6 is 15.9 Å². The van der Waals surface area contributed by atoms with E-state index in [1.54, 1.807) is 6.07 Å². The van der Waals surface area contributed by atoms with E-state index in [0.717, 1.165) is 11.1 Å². The smallest absolute Gasteiger partial charge is 0.123 e. The molecule has 3 aromatic rings. The minimum absolute atomic E-state index is 0.0641. The molecule has 0 N–H and O–H groups in total. The summed E-state index contributed by atoms with van der Waals surface area (Å²) in [5.74, 6) is -0.191. The lowest BCUT2D eigenvalue weighted by Crippen LogP contribution is -1.97. The van der Waals surface area contributed by atoms with Crippen LogP contribution in [0.15, 0.2) is 60.7 Å². The standard InChI is InChI=1S/C18H14BrF/c1-12-11-14(20)9-10-15(12)18(19)17-8-4-6-13-5-2-3-7-16(13)17/h2-11,18H,1H3. The molecule has 0 heterocycles. The number of fused-ring (bicyclic) bond motifs is 1. The molecule has 20 heavy (non-hydrogen) atoms. The monoisotopic (exact) mass is 328 g/mol. The van der Waals surface area contributed by atoms with Crippen molar-refractivity contribution < 1.29 is 4.39 Å². The molecule has 0 saturated heterocycles. The van der Waals surface area contributed by atoms with Crippen molar-refractivity contribution in [1.29, 1.82) is 0 Å². The van der Waals surface area contributed by atoms with Gasteiger partial charge in [-0.25, -0.2) is 4.39 Å². The van der Waals surface area contributed by atoms with Crippen LogP contribution in [0.5, 0.6) is 0 Å². The van der Waals surface area contributed by atoms with E-state index < -0.39 is 0 Å². The summed E-state index contributed by atoms with van der Waals surface area (Å²) in [5, 5.41) is 2.44. The van der Waals surface area contributed by atoms with E-state index in [1.807, 2.05) is 25.1 Å². The number of hydrogen-bond donors (Lipinski definition) is 0. The Morgan fingerprint density at radius 1 is 0.900 bits per heavy atom. The molecule has 2 heteroatoms. The molecule has 1 unspecified atom stereocenters. The molecule has 0 amide bonds. The quantitative estimate of drug-likeness (QED) is 0.524. The molecule has 0 aliphatic carbocycles. The highest BCUT2D eigenvalue weighted by Crippen LogP contribution is 2.36. The van der Waals surface area contributed by atoms with Crippen LogP contribution in [0, 0.1) is 12.7 Å². The highest BCUT2D eigenvalue weighted by molar-refractivity contribution is 9.09. The van der Waals surface area contributed by atoms with Gasteiger partial charge in [0, 0.05) is 0 Å². The van der Waals surface area contributed by atoms with Crippen molar-refractivity contribution in [1.82, 2.24) is 0 Å². The molecule has 0 aliphatic rings. The number of hydrogen-bond acceptors (Lipinski definition) is 0. The lowest BCUT2D eigenvalue weighted by molar-refractivity contribution is 0.626. The van der Waals surface area contributed by atoms with Crippen molar-refractivity contribution in [2.24, 2.45) is 0 Å². The summed E-state index contributed by atoms with van der Waals surface area (Å²) in [7, 11) is 0. The van der Waals surface area contributed by atoms with Gasteiger partial charge in [0.15, 0.2) is 0 Å². The fourth-order valence-corrected chi connectivity index (χ4v) is 3.48. The second-order valence-electron chi connectivity index (χ2n) is 4.93. The van der Waals surface area contributed by atoms with Gasteiger partial charge in [-0.1, -0.05) is 64.5 Å². The number of rotatable bonds is 2. The summed E-state index contributed by atoms with van der Waals surface area (Å²) in [4.78, 5) is 0.0641. The normalized spacial score (nSPS) is 12.6. The van der Waals surface area contributed by atoms with Gasteiger partial charge in [0.1, 0.15) is 5.82 Å². The molecular weight excluding hydrogens is 315 g/mol. The van der Waals surface area contributed by atoms with Crippen LogP contribution in [0.25, 0.3) is 10.8 Å². The third-order valence-corrected chi connectivity index (χ3v) is 4.59. The average molecular weight is 329 g/mol. The van der Waals surface area contributed by atoms with Crippen molar-refractivity contribution in [3.05, 3.63) is 83.2 Å². The molecule has 0 aliphatic heterocycles. The zero-order chi connectivity index (χ0) is 14.1. The Hall–Kier alpha value is -1.67. The van der Waals surface area contributed by atoms with Crippen LogP contribution in [0.4, 0.5) is 4.39 Å². The van der Waals surface area contributed by atoms with E-state index in [4.69, 9.17) is 0 Å². The van der Waals surface area contributed by atoms with Crippen molar-refractivity contribution in [3.8, 4) is 0 Å². The van der Waals surface area contributed by atoms with E-state index in [9.17, 15) is 4.39 Å². The Balaban J connectivity index is 2.15. The zero-order valence-electron chi connectivity index (χ0n) is 11.1. The Kier molecular flexibility index (Phi) is 3.58. The number of benzene rings is 3. The Bertz CT molecular complexity index is 759. The van der Waals surface area contributed by atoms with Gasteiger partial charge in [0.25, 0.3) is 0 Å². The van der Waals surface area contributed by atoms with Gasteiger partial charge in [0.2, 0.25) is 0 Å². The van der Waals surface area contributed by atoms with Crippen LogP contribution in [0.2, 0.25) is 0 Å². The Morgan fingerprint density at radius 3 is 2.45 bits per heavy atom. The predicted octanol–water partition coefficient (Wildman–Crippen LogP) is 5.77. The van der Waals surface area contributed by atoms with E-state index in [2.05, 4.69) is 46.3 Å². The van der Waals surface area contributed by atoms with Crippen molar-refractivity contribution in [2.45, 2.75) is 11.8 Å². The molecule has 1 atom stereocenters. The fourth-order valence-electron chi connectivity index (χ4n) is 2.56. The summed E-state index contributed by atoms with van der Waals surface area (Å²) >= 11 is 3.77. The van der Waals surface area contributed by atoms with Crippen LogP contribution < -0.4 is 0 Å². The Labute approximate surface area is 126 Å². The highest BCUT2D eigenvalue weighted by atomic mass is 79.9. The van der Waals surface area contributed by atoms with Crippen molar-refractivity contribution in [2.75, 3.05) is 0 Å². The van der Waals surface area contributed by atoms with Crippen LogP contribution in [-0.4, -0.2) is 0 Å². The summed E-state index contributed by atoms with van der Waals surface area (Å²) in [5.41, 5.74) is 3.26. The van der Waals surface area contributed by atoms with Gasteiger partial charge in [-0.05, 0) is 46.5 Å². The minimum Gasteiger partial charge on any atom is -0.207 e. The molecule has 0 nitrogen and oxygen atoms in total. The van der Waals surface area contributed by atoms with E-state index >= 15 is 0 Å². The van der Waals surface area contributed by atoms with Gasteiger partial charge in [-0.3, -0.25) is 0 Å². The number of halogens is 2. The van der Waals surface area contributed by atoms with Crippen LogP contribution in [-0.2, 0) is 0 Å². The van der Waals surface area contributed by atoms with Crippen LogP contribution in [0.3, 0.4) is 0 Å². The molecule has 0 saturated carbocycles. The predicted molar refractivity (Wildman–Crippen MR) is 85.9 cm³/mol. The first-order chi connectivity index (χ1) is 9.66. The number of aryl methyl sites for hydroxylation is 1. The third kappa shape index (κ3) is 2.36. The highest BCUT2D eigenvalue weighted by Gasteiger charge is 2.15. The van der Waals surface area contributed by atoms with E-state index in [1.165, 1.54) is 22.4 Å². The second-order valence-corrected chi connectivity index (χ2v) is 5.85. The molecule has 3 aromatic carbocycles. The molecule has 0 spiro atoms. The third-order valence-electron chi connectivity index (χ3n) is 3.60. The molecule has 0 radical (unpaired) electrons. The molecule has 0 bridgehead atoms. The average Bonchev–Trinajstić information content (AvgIpc) is 2.46. The molecule has 0 aromatic heterocycles. The molecular formula is C18H14BrF. The topological polar surface area (TPSA) is 0 Å². The largest absolute Gasteiger partial charge is 0.207 e. The van der Waals surface area contributed by atoms with Gasteiger partial charge < -0.3 is 0 Å². The minimum atomic E-state index is -0.191. The van der Waals surface area contributed by atoms with Crippen molar-refractivity contribution in [3.63, 3.8) is 0 Å². The van der Waals surface area contributed by atoms with E-state index in [0.29, 0.717) is 0 Å². The SMILES string of the molecule is Cc1cc(F)ccc1C(Br)c1cccc2ccccc12. The van der Waals surface area contributed by atoms with E-state index in [-0.39, 0.29) is 10.6 Å². The molecule has 100 valence electrons. The molecule has 0 fully saturated rings. The lowest BCUT2D eigenvalue weighted by atomic mass is 9.96. The maximum atomic E-state index is 13.3. The zero-order valence-corrected chi connectivity index (χ0v) is 12.7. The summed E-state index contributed by atoms with van der Waals surface area (Å²) in [6, 6.07) is 19.5. The summed E-state index contributed by atoms with van der Waals surface area (Å²) in [6.07, 6.45) is 0. The number of alkyl halides is 1. The molecule has 3 rings (SSSR count). The van der Waals surface area contributed by atoms with Gasteiger partial charge in [-0.2, -0.15) is 0 Å². The fraction of sp³-hybridized carbons (Fsp3) is 0.111. The maximum absolute atomic E-state index is 13.3. The first kappa shape index (κ1) is 13.3. The van der Waals surface area contributed by atoms with Gasteiger partial charge in [0.05, 0.1) is 4.83 Å². The first-order valence-corrected chi connectivity index (χ1v) is 7.46. The second kappa shape index (κ2) is 5.37. The van der Waals surface area contributed by atoms with Crippen molar-refractivity contribution >= 4 is 26.7 Å². The summed E-state index contributed by atoms with van der Waals surface area (Å²) in [6.45, 7) is 1.94. The Morgan fingerprint density at radius 2 is 1.65 bits per heavy atom. The lowest BCUT2D eigenvalue weighted by Gasteiger charge is -2.16. The first-order valence-electron chi connectivity index (χ1n) is 6.54. The van der Waals surface area contributed by atoms with Crippen LogP contribution in [0.1, 0.15) is 21.5 Å². The maximum Gasteiger partial charge on any atom is 0.123 e. The van der Waals surface area contributed by atoms with Gasteiger partial charge >= 0.3 is 0 Å². The summed E-state index contributed by atoms with van der Waals surface area (Å²) < 4.78 is 13.3.